The lowest BCUT2D eigenvalue weighted by molar-refractivity contribution is -0.142. The van der Waals surface area contributed by atoms with Crippen molar-refractivity contribution in [3.05, 3.63) is 59.7 Å². The van der Waals surface area contributed by atoms with Crippen molar-refractivity contribution in [2.75, 3.05) is 6.61 Å². The van der Waals surface area contributed by atoms with Gasteiger partial charge in [-0.25, -0.2) is 9.59 Å². The third-order valence-corrected chi connectivity index (χ3v) is 5.89. The molecule has 1 unspecified atom stereocenters. The van der Waals surface area contributed by atoms with Gasteiger partial charge in [-0.2, -0.15) is 0 Å². The maximum absolute atomic E-state index is 12.8. The van der Waals surface area contributed by atoms with Gasteiger partial charge in [-0.05, 0) is 40.5 Å². The molecule has 7 heteroatoms. The number of fused-ring (bicyclic) bond motifs is 3. The molecule has 2 atom stereocenters. The van der Waals surface area contributed by atoms with Crippen molar-refractivity contribution in [1.82, 2.24) is 10.6 Å². The Labute approximate surface area is 194 Å². The molecule has 2 amide bonds. The second kappa shape index (κ2) is 10.5. The normalized spacial score (nSPS) is 14.4. The van der Waals surface area contributed by atoms with Crippen LogP contribution in [0, 0.1) is 11.8 Å². The third-order valence-electron chi connectivity index (χ3n) is 5.89. The van der Waals surface area contributed by atoms with E-state index in [1.807, 2.05) is 50.2 Å². The molecule has 0 saturated carbocycles. The van der Waals surface area contributed by atoms with E-state index in [1.54, 1.807) is 13.8 Å². The number of alkyl carbamates (subject to hydrolysis) is 1. The largest absolute Gasteiger partial charge is 0.480 e. The van der Waals surface area contributed by atoms with Gasteiger partial charge in [0.05, 0.1) is 0 Å². The number of hydrogen-bond acceptors (Lipinski definition) is 4. The number of carboxylic acid groups (broad SMARTS) is 1. The zero-order valence-corrected chi connectivity index (χ0v) is 19.5. The number of amides is 2. The Kier molecular flexibility index (Phi) is 7.74. The predicted molar refractivity (Wildman–Crippen MR) is 126 cm³/mol. The molecular weight excluding hydrogens is 420 g/mol. The van der Waals surface area contributed by atoms with Crippen LogP contribution in [0.25, 0.3) is 11.1 Å². The quantitative estimate of drug-likeness (QED) is 0.530. The lowest BCUT2D eigenvalue weighted by atomic mass is 9.98. The molecule has 7 nitrogen and oxygen atoms in total. The number of rotatable bonds is 9. The van der Waals surface area contributed by atoms with Crippen LogP contribution in [0.3, 0.4) is 0 Å². The molecule has 0 heterocycles. The second-order valence-electron chi connectivity index (χ2n) is 9.22. The van der Waals surface area contributed by atoms with Gasteiger partial charge < -0.3 is 20.5 Å². The molecule has 3 N–H and O–H groups in total. The van der Waals surface area contributed by atoms with Gasteiger partial charge in [0, 0.05) is 5.92 Å². The van der Waals surface area contributed by atoms with Gasteiger partial charge in [0.25, 0.3) is 0 Å². The second-order valence-corrected chi connectivity index (χ2v) is 9.22. The monoisotopic (exact) mass is 452 g/mol. The lowest BCUT2D eigenvalue weighted by Gasteiger charge is -2.24. The van der Waals surface area contributed by atoms with Gasteiger partial charge in [0.2, 0.25) is 5.91 Å². The maximum Gasteiger partial charge on any atom is 0.407 e. The van der Waals surface area contributed by atoms with Gasteiger partial charge in [-0.15, -0.1) is 0 Å². The van der Waals surface area contributed by atoms with Gasteiger partial charge in [-0.1, -0.05) is 76.2 Å². The molecule has 3 rings (SSSR count). The van der Waals surface area contributed by atoms with Crippen LogP contribution in [0.4, 0.5) is 4.79 Å². The number of hydrogen-bond donors (Lipinski definition) is 3. The van der Waals surface area contributed by atoms with Crippen LogP contribution in [0.1, 0.15) is 51.2 Å². The van der Waals surface area contributed by atoms with Crippen LogP contribution in [0.15, 0.2) is 48.5 Å². The van der Waals surface area contributed by atoms with E-state index in [9.17, 15) is 19.5 Å². The molecule has 2 aromatic carbocycles. The van der Waals surface area contributed by atoms with Crippen molar-refractivity contribution < 1.29 is 24.2 Å². The highest BCUT2D eigenvalue weighted by Gasteiger charge is 2.31. The molecule has 0 aliphatic heterocycles. The van der Waals surface area contributed by atoms with E-state index in [1.165, 1.54) is 0 Å². The molecule has 0 bridgehead atoms. The van der Waals surface area contributed by atoms with E-state index in [0.717, 1.165) is 22.3 Å². The van der Waals surface area contributed by atoms with Gasteiger partial charge >= 0.3 is 12.1 Å². The zero-order chi connectivity index (χ0) is 24.1. The number of ether oxygens (including phenoxy) is 1. The van der Waals surface area contributed by atoms with Crippen molar-refractivity contribution in [3.8, 4) is 11.1 Å². The minimum Gasteiger partial charge on any atom is -0.480 e. The summed E-state index contributed by atoms with van der Waals surface area (Å²) in [6.45, 7) is 7.48. The lowest BCUT2D eigenvalue weighted by Crippen LogP contribution is -2.54. The molecule has 1 aliphatic rings. The van der Waals surface area contributed by atoms with Crippen molar-refractivity contribution >= 4 is 18.0 Å². The highest BCUT2D eigenvalue weighted by molar-refractivity contribution is 5.89. The zero-order valence-electron chi connectivity index (χ0n) is 19.5. The molecule has 176 valence electrons. The standard InChI is InChI=1S/C26H32N2O5/c1-15(2)13-22(25(30)31)27-24(29)23(16(3)4)28-26(32)33-14-21-19-11-7-5-9-17(19)18-10-6-8-12-20(18)21/h5-12,15-16,21-23H,13-14H2,1-4H3,(H,27,29)(H,28,32)(H,30,31)/t22-,23?/m1/s1. The van der Waals surface area contributed by atoms with Crippen LogP contribution in [0.5, 0.6) is 0 Å². The van der Waals surface area contributed by atoms with Crippen molar-refractivity contribution in [1.29, 1.82) is 0 Å². The highest BCUT2D eigenvalue weighted by atomic mass is 16.5. The van der Waals surface area contributed by atoms with Crippen molar-refractivity contribution in [3.63, 3.8) is 0 Å². The molecule has 0 radical (unpaired) electrons. The number of carbonyl (C=O) groups excluding carboxylic acids is 2. The molecule has 0 fully saturated rings. The summed E-state index contributed by atoms with van der Waals surface area (Å²) >= 11 is 0. The minimum absolute atomic E-state index is 0.0862. The maximum atomic E-state index is 12.8. The fraction of sp³-hybridized carbons (Fsp3) is 0.423. The summed E-state index contributed by atoms with van der Waals surface area (Å²) < 4.78 is 5.54. The topological polar surface area (TPSA) is 105 Å². The fourth-order valence-electron chi connectivity index (χ4n) is 4.26. The summed E-state index contributed by atoms with van der Waals surface area (Å²) in [4.78, 5) is 36.9. The number of carbonyl (C=O) groups is 3. The Morgan fingerprint density at radius 1 is 0.909 bits per heavy atom. The smallest absolute Gasteiger partial charge is 0.407 e. The number of benzene rings is 2. The van der Waals surface area contributed by atoms with E-state index >= 15 is 0 Å². The molecule has 0 spiro atoms. The Balaban J connectivity index is 1.65. The number of nitrogens with one attached hydrogen (secondary N) is 2. The summed E-state index contributed by atoms with van der Waals surface area (Å²) in [5.74, 6) is -1.87. The molecular formula is C26H32N2O5. The molecule has 33 heavy (non-hydrogen) atoms. The Morgan fingerprint density at radius 2 is 1.45 bits per heavy atom. The van der Waals surface area contributed by atoms with Crippen LogP contribution < -0.4 is 10.6 Å². The van der Waals surface area contributed by atoms with Crippen molar-refractivity contribution in [2.45, 2.75) is 52.1 Å². The summed E-state index contributed by atoms with van der Waals surface area (Å²) in [5, 5.41) is 14.6. The Morgan fingerprint density at radius 3 is 1.94 bits per heavy atom. The highest BCUT2D eigenvalue weighted by Crippen LogP contribution is 2.44. The first kappa shape index (κ1) is 24.3. The predicted octanol–water partition coefficient (Wildman–Crippen LogP) is 4.17. The average molecular weight is 453 g/mol. The van der Waals surface area contributed by atoms with E-state index in [0.29, 0.717) is 6.42 Å². The van der Waals surface area contributed by atoms with Gasteiger partial charge in [0.1, 0.15) is 18.7 Å². The SMILES string of the molecule is CC(C)C[C@@H](NC(=O)C(NC(=O)OCC1c2ccccc2-c2ccccc21)C(C)C)C(=O)O. The molecule has 0 saturated heterocycles. The average Bonchev–Trinajstić information content (AvgIpc) is 3.08. The fourth-order valence-corrected chi connectivity index (χ4v) is 4.26. The molecule has 0 aromatic heterocycles. The Bertz CT molecular complexity index is 972. The summed E-state index contributed by atoms with van der Waals surface area (Å²) in [6, 6.07) is 14.2. The van der Waals surface area contributed by atoms with E-state index < -0.39 is 30.1 Å². The van der Waals surface area contributed by atoms with Crippen LogP contribution in [-0.4, -0.2) is 41.8 Å². The van der Waals surface area contributed by atoms with Gasteiger partial charge in [0.15, 0.2) is 0 Å². The van der Waals surface area contributed by atoms with Crippen LogP contribution in [-0.2, 0) is 14.3 Å². The first-order chi connectivity index (χ1) is 15.7. The first-order valence-electron chi connectivity index (χ1n) is 11.3. The summed E-state index contributed by atoms with van der Waals surface area (Å²) in [6.07, 6.45) is -0.405. The van der Waals surface area contributed by atoms with E-state index in [-0.39, 0.29) is 24.4 Å². The molecule has 2 aromatic rings. The van der Waals surface area contributed by atoms with Gasteiger partial charge in [-0.3, -0.25) is 4.79 Å². The van der Waals surface area contributed by atoms with Crippen LogP contribution >= 0.6 is 0 Å². The Hall–Kier alpha value is -3.35. The number of aliphatic carboxylic acids is 1. The minimum atomic E-state index is -1.10. The number of carboxylic acids is 1. The summed E-state index contributed by atoms with van der Waals surface area (Å²) in [7, 11) is 0. The van der Waals surface area contributed by atoms with Crippen molar-refractivity contribution in [2.24, 2.45) is 11.8 Å². The summed E-state index contributed by atoms with van der Waals surface area (Å²) in [5.41, 5.74) is 4.46. The molecule has 1 aliphatic carbocycles. The first-order valence-corrected chi connectivity index (χ1v) is 11.3. The van der Waals surface area contributed by atoms with E-state index in [4.69, 9.17) is 4.74 Å². The van der Waals surface area contributed by atoms with E-state index in [2.05, 4.69) is 22.8 Å². The van der Waals surface area contributed by atoms with Crippen LogP contribution in [0.2, 0.25) is 0 Å². The third kappa shape index (κ3) is 5.72.